The Bertz CT molecular complexity index is 813. The van der Waals surface area contributed by atoms with Gasteiger partial charge < -0.3 is 14.7 Å². The van der Waals surface area contributed by atoms with Crippen molar-refractivity contribution in [2.75, 3.05) is 6.54 Å². The molecule has 0 aliphatic carbocycles. The highest BCUT2D eigenvalue weighted by Gasteiger charge is 2.32. The Balaban J connectivity index is 1.55. The Morgan fingerprint density at radius 1 is 1.38 bits per heavy atom. The number of aliphatic carboxylic acids is 1. The fourth-order valence-corrected chi connectivity index (χ4v) is 3.45. The summed E-state index contributed by atoms with van der Waals surface area (Å²) < 4.78 is 5.69. The molecular weight excluding hydrogens is 352 g/mol. The number of aryl methyl sites for hydroxylation is 1. The van der Waals surface area contributed by atoms with Crippen LogP contribution in [0.1, 0.15) is 29.1 Å². The quantitative estimate of drug-likeness (QED) is 0.788. The van der Waals surface area contributed by atoms with Crippen molar-refractivity contribution in [3.8, 4) is 5.75 Å². The number of amides is 1. The van der Waals surface area contributed by atoms with Gasteiger partial charge in [-0.15, -0.1) is 11.3 Å². The van der Waals surface area contributed by atoms with E-state index in [1.165, 1.54) is 11.0 Å². The number of likely N-dealkylation sites (tertiary alicyclic amines) is 1. The Morgan fingerprint density at radius 3 is 2.81 bits per heavy atom. The molecule has 2 heterocycles. The maximum absolute atomic E-state index is 12.2. The van der Waals surface area contributed by atoms with Crippen molar-refractivity contribution in [3.63, 3.8) is 0 Å². The average Bonchev–Trinajstić information content (AvgIpc) is 3.28. The lowest BCUT2D eigenvalue weighted by molar-refractivity contribution is -0.146. The van der Waals surface area contributed by atoms with Gasteiger partial charge in [0.15, 0.2) is 0 Å². The number of aromatic nitrogens is 1. The number of hydrogen-bond donors (Lipinski definition) is 1. The maximum atomic E-state index is 12.2. The number of benzene rings is 1. The fourth-order valence-electron chi connectivity index (χ4n) is 2.86. The van der Waals surface area contributed by atoms with Gasteiger partial charge in [0.05, 0.1) is 10.7 Å². The summed E-state index contributed by atoms with van der Waals surface area (Å²) in [4.78, 5) is 29.1. The molecule has 0 spiro atoms. The molecule has 6 nitrogen and oxygen atoms in total. The Hall–Kier alpha value is -2.67. The van der Waals surface area contributed by atoms with Crippen molar-refractivity contribution in [1.29, 1.82) is 0 Å². The van der Waals surface area contributed by atoms with E-state index in [1.54, 1.807) is 17.4 Å². The van der Waals surface area contributed by atoms with E-state index < -0.39 is 12.0 Å². The van der Waals surface area contributed by atoms with Gasteiger partial charge in [-0.1, -0.05) is 12.1 Å². The second-order valence-corrected chi connectivity index (χ2v) is 7.14. The molecule has 0 unspecified atom stereocenters. The summed E-state index contributed by atoms with van der Waals surface area (Å²) in [6.45, 7) is 2.87. The third-order valence-corrected chi connectivity index (χ3v) is 5.00. The number of ether oxygens (including phenoxy) is 1. The summed E-state index contributed by atoms with van der Waals surface area (Å²) in [7, 11) is 0. The lowest BCUT2D eigenvalue weighted by Gasteiger charge is -2.19. The molecule has 1 aliphatic heterocycles. The van der Waals surface area contributed by atoms with Crippen LogP contribution in [0.25, 0.3) is 6.08 Å². The summed E-state index contributed by atoms with van der Waals surface area (Å²) in [5.74, 6) is -0.486. The summed E-state index contributed by atoms with van der Waals surface area (Å²) in [5.41, 5.74) is 1.75. The fraction of sp³-hybridized carbons (Fsp3) is 0.316. The van der Waals surface area contributed by atoms with Crippen LogP contribution in [0.4, 0.5) is 0 Å². The first kappa shape index (κ1) is 18.1. The second-order valence-electron chi connectivity index (χ2n) is 6.08. The first-order chi connectivity index (χ1) is 12.5. The zero-order valence-electron chi connectivity index (χ0n) is 14.4. The number of rotatable bonds is 6. The molecule has 1 atom stereocenters. The second kappa shape index (κ2) is 8.14. The van der Waals surface area contributed by atoms with Crippen molar-refractivity contribution < 1.29 is 19.4 Å². The van der Waals surface area contributed by atoms with E-state index in [0.717, 1.165) is 28.4 Å². The topological polar surface area (TPSA) is 79.7 Å². The van der Waals surface area contributed by atoms with Crippen LogP contribution in [0.2, 0.25) is 0 Å². The van der Waals surface area contributed by atoms with Crippen LogP contribution >= 0.6 is 11.3 Å². The van der Waals surface area contributed by atoms with Gasteiger partial charge in [-0.05, 0) is 43.5 Å². The number of hydrogen-bond acceptors (Lipinski definition) is 5. The normalized spacial score (nSPS) is 17.0. The molecule has 136 valence electrons. The molecule has 0 bridgehead atoms. The van der Waals surface area contributed by atoms with Crippen molar-refractivity contribution >= 4 is 29.3 Å². The number of carboxylic acid groups (broad SMARTS) is 1. The van der Waals surface area contributed by atoms with Gasteiger partial charge in [0.25, 0.3) is 0 Å². The van der Waals surface area contributed by atoms with Gasteiger partial charge in [0.1, 0.15) is 18.4 Å². The van der Waals surface area contributed by atoms with Gasteiger partial charge in [-0.3, -0.25) is 4.79 Å². The third-order valence-electron chi connectivity index (χ3n) is 4.17. The van der Waals surface area contributed by atoms with Crippen molar-refractivity contribution in [1.82, 2.24) is 9.88 Å². The Labute approximate surface area is 155 Å². The van der Waals surface area contributed by atoms with E-state index in [0.29, 0.717) is 19.6 Å². The Morgan fingerprint density at radius 2 is 2.15 bits per heavy atom. The number of thiazole rings is 1. The summed E-state index contributed by atoms with van der Waals surface area (Å²) in [6, 6.07) is 6.66. The number of carbonyl (C=O) groups is 2. The van der Waals surface area contributed by atoms with Gasteiger partial charge >= 0.3 is 5.97 Å². The largest absolute Gasteiger partial charge is 0.487 e. The lowest BCUT2D eigenvalue weighted by Crippen LogP contribution is -2.39. The van der Waals surface area contributed by atoms with Crippen LogP contribution in [0.3, 0.4) is 0 Å². The number of carboxylic acids is 1. The highest BCUT2D eigenvalue weighted by Crippen LogP contribution is 2.19. The van der Waals surface area contributed by atoms with Crippen LogP contribution in [-0.4, -0.2) is 39.5 Å². The molecule has 2 aromatic rings. The van der Waals surface area contributed by atoms with Gasteiger partial charge in [-0.25, -0.2) is 9.78 Å². The lowest BCUT2D eigenvalue weighted by atomic mass is 10.2. The molecule has 1 aromatic carbocycles. The first-order valence-electron chi connectivity index (χ1n) is 8.38. The zero-order valence-corrected chi connectivity index (χ0v) is 15.2. The van der Waals surface area contributed by atoms with E-state index >= 15 is 0 Å². The molecule has 1 amide bonds. The molecule has 1 fully saturated rings. The molecule has 1 aromatic heterocycles. The molecule has 26 heavy (non-hydrogen) atoms. The van der Waals surface area contributed by atoms with Gasteiger partial charge in [-0.2, -0.15) is 0 Å². The minimum atomic E-state index is -0.943. The zero-order chi connectivity index (χ0) is 18.5. The van der Waals surface area contributed by atoms with E-state index in [-0.39, 0.29) is 5.91 Å². The van der Waals surface area contributed by atoms with Crippen LogP contribution in [0, 0.1) is 6.92 Å². The predicted molar refractivity (Wildman–Crippen MR) is 99.0 cm³/mol. The van der Waals surface area contributed by atoms with Gasteiger partial charge in [0.2, 0.25) is 5.91 Å². The monoisotopic (exact) mass is 372 g/mol. The van der Waals surface area contributed by atoms with Crippen molar-refractivity contribution in [3.05, 3.63) is 52.0 Å². The van der Waals surface area contributed by atoms with Crippen LogP contribution < -0.4 is 4.74 Å². The molecule has 1 N–H and O–H groups in total. The SMILES string of the molecule is Cc1nc(COc2ccc(C=CC(=O)N3CCC[C@@H]3C(=O)O)cc2)cs1. The summed E-state index contributed by atoms with van der Waals surface area (Å²) in [6.07, 6.45) is 4.35. The molecule has 0 saturated carbocycles. The highest BCUT2D eigenvalue weighted by molar-refractivity contribution is 7.09. The molecule has 0 radical (unpaired) electrons. The minimum Gasteiger partial charge on any atom is -0.487 e. The molecule has 7 heteroatoms. The van der Waals surface area contributed by atoms with E-state index in [1.807, 2.05) is 36.6 Å². The van der Waals surface area contributed by atoms with Crippen LogP contribution in [0.5, 0.6) is 5.75 Å². The molecule has 1 aliphatic rings. The van der Waals surface area contributed by atoms with Crippen LogP contribution in [0.15, 0.2) is 35.7 Å². The number of carbonyl (C=O) groups excluding carboxylic acids is 1. The van der Waals surface area contributed by atoms with E-state index in [4.69, 9.17) is 9.84 Å². The molecule has 1 saturated heterocycles. The smallest absolute Gasteiger partial charge is 0.326 e. The van der Waals surface area contributed by atoms with Crippen molar-refractivity contribution in [2.24, 2.45) is 0 Å². The highest BCUT2D eigenvalue weighted by atomic mass is 32.1. The van der Waals surface area contributed by atoms with Crippen molar-refractivity contribution in [2.45, 2.75) is 32.4 Å². The van der Waals surface area contributed by atoms with E-state index in [2.05, 4.69) is 4.98 Å². The molecular formula is C19H20N2O4S. The maximum Gasteiger partial charge on any atom is 0.326 e. The standard InChI is InChI=1S/C19H20N2O4S/c1-13-20-15(12-26-13)11-25-16-7-4-14(5-8-16)6-9-18(22)21-10-2-3-17(21)19(23)24/h4-9,12,17H,2-3,10-11H2,1H3,(H,23,24)/t17-/m1/s1. The van der Waals surface area contributed by atoms with E-state index in [9.17, 15) is 9.59 Å². The third kappa shape index (κ3) is 4.49. The number of nitrogens with zero attached hydrogens (tertiary/aromatic N) is 2. The van der Waals surface area contributed by atoms with Crippen LogP contribution in [-0.2, 0) is 16.2 Å². The summed E-state index contributed by atoms with van der Waals surface area (Å²) in [5, 5.41) is 12.1. The Kier molecular flexibility index (Phi) is 5.68. The first-order valence-corrected chi connectivity index (χ1v) is 9.26. The average molecular weight is 372 g/mol. The van der Waals surface area contributed by atoms with Gasteiger partial charge in [0, 0.05) is 18.0 Å². The summed E-state index contributed by atoms with van der Waals surface area (Å²) >= 11 is 1.59. The minimum absolute atomic E-state index is 0.269. The molecule has 3 rings (SSSR count). The predicted octanol–water partition coefficient (Wildman–Crippen LogP) is 3.12.